The van der Waals surface area contributed by atoms with Crippen molar-refractivity contribution in [2.45, 2.75) is 26.3 Å². The number of aromatic nitrogens is 4. The lowest BCUT2D eigenvalue weighted by Crippen LogP contribution is -2.32. The Kier molecular flexibility index (Phi) is 5.17. The first-order chi connectivity index (χ1) is 15.9. The lowest BCUT2D eigenvalue weighted by Gasteiger charge is -2.23. The number of ether oxygens (including phenoxy) is 1. The van der Waals surface area contributed by atoms with Gasteiger partial charge in [-0.15, -0.1) is 0 Å². The summed E-state index contributed by atoms with van der Waals surface area (Å²) in [6.45, 7) is 8.47. The number of aromatic amines is 1. The normalized spacial score (nSPS) is 15.9. The molecule has 2 aromatic carbocycles. The first-order valence-corrected chi connectivity index (χ1v) is 10.8. The Balaban J connectivity index is 1.55. The van der Waals surface area contributed by atoms with Gasteiger partial charge in [-0.3, -0.25) is 4.79 Å². The van der Waals surface area contributed by atoms with E-state index in [1.807, 2.05) is 61.2 Å². The third-order valence-corrected chi connectivity index (χ3v) is 5.97. The first-order valence-electron chi connectivity index (χ1n) is 10.8. The Morgan fingerprint density at radius 2 is 2.03 bits per heavy atom. The summed E-state index contributed by atoms with van der Waals surface area (Å²) in [6, 6.07) is 13.5. The van der Waals surface area contributed by atoms with Crippen LogP contribution >= 0.6 is 0 Å². The summed E-state index contributed by atoms with van der Waals surface area (Å²) in [5.74, 6) is 1.97. The SMILES string of the molecule is C=C1CC(c2nc3ccc(OC)cc3[nH]2)N(C(=O)c2cnc(C)nc2-c2cccc(C)c2)C1. The Bertz CT molecular complexity index is 1390. The highest BCUT2D eigenvalue weighted by atomic mass is 16.5. The number of hydrogen-bond acceptors (Lipinski definition) is 5. The first kappa shape index (κ1) is 20.9. The van der Waals surface area contributed by atoms with Gasteiger partial charge in [-0.05, 0) is 38.5 Å². The number of methoxy groups -OCH3 is 1. The van der Waals surface area contributed by atoms with Crippen molar-refractivity contribution in [2.75, 3.05) is 13.7 Å². The number of H-pyrrole nitrogens is 1. The zero-order valence-corrected chi connectivity index (χ0v) is 18.9. The minimum atomic E-state index is -0.241. The summed E-state index contributed by atoms with van der Waals surface area (Å²) in [7, 11) is 1.63. The smallest absolute Gasteiger partial charge is 0.258 e. The summed E-state index contributed by atoms with van der Waals surface area (Å²) >= 11 is 0. The number of hydrogen-bond donors (Lipinski definition) is 1. The van der Waals surface area contributed by atoms with Gasteiger partial charge in [0.25, 0.3) is 5.91 Å². The number of likely N-dealkylation sites (tertiary alicyclic amines) is 1. The van der Waals surface area contributed by atoms with Crippen molar-refractivity contribution < 1.29 is 9.53 Å². The number of nitrogens with one attached hydrogen (secondary N) is 1. The van der Waals surface area contributed by atoms with Crippen molar-refractivity contribution in [3.8, 4) is 17.0 Å². The predicted octanol–water partition coefficient (Wildman–Crippen LogP) is 4.79. The monoisotopic (exact) mass is 439 g/mol. The fourth-order valence-electron chi connectivity index (χ4n) is 4.34. The highest BCUT2D eigenvalue weighted by Gasteiger charge is 2.36. The summed E-state index contributed by atoms with van der Waals surface area (Å²) in [4.78, 5) is 32.7. The van der Waals surface area contributed by atoms with Gasteiger partial charge in [0, 0.05) is 24.4 Å². The Hall–Kier alpha value is -4.00. The molecule has 33 heavy (non-hydrogen) atoms. The molecule has 3 heterocycles. The minimum Gasteiger partial charge on any atom is -0.497 e. The maximum Gasteiger partial charge on any atom is 0.258 e. The van der Waals surface area contributed by atoms with Crippen LogP contribution < -0.4 is 4.74 Å². The van der Waals surface area contributed by atoms with Crippen LogP contribution in [-0.4, -0.2) is 44.4 Å². The van der Waals surface area contributed by atoms with Gasteiger partial charge in [0.1, 0.15) is 17.4 Å². The van der Waals surface area contributed by atoms with Crippen LogP contribution in [0, 0.1) is 13.8 Å². The van der Waals surface area contributed by atoms with Crippen LogP contribution in [0.1, 0.15) is 40.0 Å². The Labute approximate surface area is 192 Å². The van der Waals surface area contributed by atoms with Crippen LogP contribution in [0.25, 0.3) is 22.3 Å². The van der Waals surface area contributed by atoms with Gasteiger partial charge in [0.05, 0.1) is 35.4 Å². The molecule has 1 aliphatic heterocycles. The van der Waals surface area contributed by atoms with E-state index >= 15 is 0 Å². The quantitative estimate of drug-likeness (QED) is 0.462. The number of benzene rings is 2. The van der Waals surface area contributed by atoms with E-state index < -0.39 is 0 Å². The summed E-state index contributed by atoms with van der Waals surface area (Å²) in [5, 5.41) is 0. The van der Waals surface area contributed by atoms with Gasteiger partial charge >= 0.3 is 0 Å². The van der Waals surface area contributed by atoms with E-state index in [1.54, 1.807) is 13.3 Å². The molecule has 4 aromatic rings. The topological polar surface area (TPSA) is 84.0 Å². The van der Waals surface area contributed by atoms with Crippen molar-refractivity contribution >= 4 is 16.9 Å². The van der Waals surface area contributed by atoms with Gasteiger partial charge in [-0.1, -0.05) is 35.9 Å². The molecule has 1 unspecified atom stereocenters. The van der Waals surface area contributed by atoms with Crippen molar-refractivity contribution in [3.05, 3.63) is 83.6 Å². The van der Waals surface area contributed by atoms with E-state index in [0.29, 0.717) is 30.0 Å². The average molecular weight is 440 g/mol. The third kappa shape index (κ3) is 3.86. The molecular weight excluding hydrogens is 414 g/mol. The second-order valence-electron chi connectivity index (χ2n) is 8.46. The van der Waals surface area contributed by atoms with Gasteiger partial charge in [0.2, 0.25) is 0 Å². The molecule has 1 saturated heterocycles. The van der Waals surface area contributed by atoms with E-state index in [-0.39, 0.29) is 11.9 Å². The number of carbonyl (C=O) groups is 1. The number of amides is 1. The zero-order valence-electron chi connectivity index (χ0n) is 18.9. The number of fused-ring (bicyclic) bond motifs is 1. The molecule has 0 saturated carbocycles. The van der Waals surface area contributed by atoms with Crippen molar-refractivity contribution in [1.29, 1.82) is 0 Å². The number of aryl methyl sites for hydroxylation is 2. The molecule has 7 heteroatoms. The fourth-order valence-corrected chi connectivity index (χ4v) is 4.34. The van der Waals surface area contributed by atoms with Crippen LogP contribution in [0.2, 0.25) is 0 Å². The van der Waals surface area contributed by atoms with Crippen LogP contribution in [0.3, 0.4) is 0 Å². The summed E-state index contributed by atoms with van der Waals surface area (Å²) < 4.78 is 5.32. The Morgan fingerprint density at radius 1 is 1.18 bits per heavy atom. The van der Waals surface area contributed by atoms with Crippen LogP contribution in [0.15, 0.2) is 60.8 Å². The van der Waals surface area contributed by atoms with Gasteiger partial charge in [-0.25, -0.2) is 15.0 Å². The standard InChI is InChI=1S/C26H25N5O2/c1-15-6-5-7-18(10-15)24-20(13-27-17(3)28-24)26(32)31-14-16(2)11-23(31)25-29-21-9-8-19(33-4)12-22(21)30-25/h5-10,12-13,23H,2,11,14H2,1,3-4H3,(H,29,30). The van der Waals surface area contributed by atoms with Gasteiger partial charge in [0.15, 0.2) is 0 Å². The molecule has 1 aliphatic rings. The molecule has 0 spiro atoms. The predicted molar refractivity (Wildman–Crippen MR) is 127 cm³/mol. The molecule has 1 atom stereocenters. The highest BCUT2D eigenvalue weighted by molar-refractivity contribution is 6.00. The summed E-state index contributed by atoms with van der Waals surface area (Å²) in [6.07, 6.45) is 2.28. The average Bonchev–Trinajstić information content (AvgIpc) is 3.41. The molecule has 5 rings (SSSR count). The number of imidazole rings is 1. The second kappa shape index (κ2) is 8.16. The number of nitrogens with zero attached hydrogens (tertiary/aromatic N) is 4. The fraction of sp³-hybridized carbons (Fsp3) is 0.231. The van der Waals surface area contributed by atoms with E-state index in [9.17, 15) is 4.79 Å². The van der Waals surface area contributed by atoms with Gasteiger partial charge in [-0.2, -0.15) is 0 Å². The maximum atomic E-state index is 13.8. The van der Waals surface area contributed by atoms with Crippen molar-refractivity contribution in [2.24, 2.45) is 0 Å². The van der Waals surface area contributed by atoms with Gasteiger partial charge < -0.3 is 14.6 Å². The molecule has 0 bridgehead atoms. The minimum absolute atomic E-state index is 0.131. The van der Waals surface area contributed by atoms with E-state index in [2.05, 4.69) is 21.5 Å². The molecular formula is C26H25N5O2. The molecule has 166 valence electrons. The lowest BCUT2D eigenvalue weighted by atomic mass is 10.0. The molecule has 1 N–H and O–H groups in total. The van der Waals surface area contributed by atoms with Crippen LogP contribution in [-0.2, 0) is 0 Å². The highest BCUT2D eigenvalue weighted by Crippen LogP contribution is 2.36. The molecule has 1 fully saturated rings. The lowest BCUT2D eigenvalue weighted by molar-refractivity contribution is 0.0733. The zero-order chi connectivity index (χ0) is 23.1. The number of carbonyl (C=O) groups excluding carboxylic acids is 1. The molecule has 0 radical (unpaired) electrons. The second-order valence-corrected chi connectivity index (χ2v) is 8.46. The number of rotatable bonds is 4. The largest absolute Gasteiger partial charge is 0.497 e. The summed E-state index contributed by atoms with van der Waals surface area (Å²) in [5.41, 5.74) is 5.80. The van der Waals surface area contributed by atoms with E-state index in [4.69, 9.17) is 9.72 Å². The molecule has 2 aromatic heterocycles. The van der Waals surface area contributed by atoms with E-state index in [1.165, 1.54) is 0 Å². The molecule has 0 aliphatic carbocycles. The van der Waals surface area contributed by atoms with Crippen molar-refractivity contribution in [1.82, 2.24) is 24.8 Å². The van der Waals surface area contributed by atoms with Crippen LogP contribution in [0.5, 0.6) is 5.75 Å². The molecule has 1 amide bonds. The van der Waals surface area contributed by atoms with Crippen LogP contribution in [0.4, 0.5) is 0 Å². The maximum absolute atomic E-state index is 13.8. The van der Waals surface area contributed by atoms with E-state index in [0.717, 1.165) is 39.3 Å². The molecule has 7 nitrogen and oxygen atoms in total. The third-order valence-electron chi connectivity index (χ3n) is 5.97. The Morgan fingerprint density at radius 3 is 2.82 bits per heavy atom. The van der Waals surface area contributed by atoms with Crippen molar-refractivity contribution in [3.63, 3.8) is 0 Å².